The lowest BCUT2D eigenvalue weighted by Gasteiger charge is -2.28. The molecule has 0 radical (unpaired) electrons. The second-order valence-electron chi connectivity index (χ2n) is 5.85. The number of carbonyl (C=O) groups is 2. The molecule has 0 aliphatic heterocycles. The van der Waals surface area contributed by atoms with Crippen LogP contribution in [0.25, 0.3) is 0 Å². The summed E-state index contributed by atoms with van der Waals surface area (Å²) in [5, 5.41) is 2.78. The summed E-state index contributed by atoms with van der Waals surface area (Å²) in [5.74, 6) is -0.420. The molecule has 22 heavy (non-hydrogen) atoms. The van der Waals surface area contributed by atoms with Crippen LogP contribution in [0.1, 0.15) is 43.7 Å². The van der Waals surface area contributed by atoms with Crippen LogP contribution in [-0.4, -0.2) is 25.0 Å². The standard InChI is InChI=1S/C17H24N2O3/c1-22-17(21)16(12-7-3-2-4-8-12)19-15(20)11-13-9-5-6-10-14(13)18/h2-4,7-8,13-14,16H,5-6,9-11,18H2,1H3,(H,19,20)/t13?,14-,16-/m0/s1. The van der Waals surface area contributed by atoms with Gasteiger partial charge in [-0.15, -0.1) is 0 Å². The van der Waals surface area contributed by atoms with Gasteiger partial charge in [0.2, 0.25) is 5.91 Å². The maximum Gasteiger partial charge on any atom is 0.333 e. The van der Waals surface area contributed by atoms with E-state index in [-0.39, 0.29) is 17.9 Å². The molecule has 2 rings (SSSR count). The minimum Gasteiger partial charge on any atom is -0.467 e. The Labute approximate surface area is 131 Å². The van der Waals surface area contributed by atoms with Gasteiger partial charge in [-0.05, 0) is 24.3 Å². The summed E-state index contributed by atoms with van der Waals surface area (Å²) in [7, 11) is 1.32. The fourth-order valence-corrected chi connectivity index (χ4v) is 2.99. The average Bonchev–Trinajstić information content (AvgIpc) is 2.55. The number of methoxy groups -OCH3 is 1. The lowest BCUT2D eigenvalue weighted by Crippen LogP contribution is -2.39. The second kappa shape index (κ2) is 7.94. The Bertz CT molecular complexity index is 504. The Kier molecular flexibility index (Phi) is 5.95. The molecule has 1 saturated carbocycles. The SMILES string of the molecule is COC(=O)[C@@H](NC(=O)CC1CCCC[C@@H]1N)c1ccccc1. The average molecular weight is 304 g/mol. The van der Waals surface area contributed by atoms with Gasteiger partial charge in [-0.25, -0.2) is 4.79 Å². The first-order chi connectivity index (χ1) is 10.6. The molecular weight excluding hydrogens is 280 g/mol. The molecule has 0 saturated heterocycles. The lowest BCUT2D eigenvalue weighted by molar-refractivity contribution is -0.145. The molecule has 1 aromatic carbocycles. The molecular formula is C17H24N2O3. The van der Waals surface area contributed by atoms with E-state index in [1.807, 2.05) is 18.2 Å². The van der Waals surface area contributed by atoms with Gasteiger partial charge >= 0.3 is 5.97 Å². The Morgan fingerprint density at radius 3 is 2.59 bits per heavy atom. The zero-order valence-electron chi connectivity index (χ0n) is 13.0. The molecule has 3 N–H and O–H groups in total. The molecule has 120 valence electrons. The molecule has 3 atom stereocenters. The predicted octanol–water partition coefficient (Wildman–Crippen LogP) is 1.92. The van der Waals surface area contributed by atoms with E-state index in [1.54, 1.807) is 12.1 Å². The van der Waals surface area contributed by atoms with Gasteiger partial charge in [0.25, 0.3) is 0 Å². The molecule has 0 aromatic heterocycles. The topological polar surface area (TPSA) is 81.4 Å². The molecule has 1 aliphatic carbocycles. The van der Waals surface area contributed by atoms with Crippen LogP contribution in [0.5, 0.6) is 0 Å². The normalized spacial score (nSPS) is 22.6. The molecule has 1 aliphatic rings. The van der Waals surface area contributed by atoms with Gasteiger partial charge in [0.15, 0.2) is 6.04 Å². The Hall–Kier alpha value is -1.88. The largest absolute Gasteiger partial charge is 0.467 e. The molecule has 0 spiro atoms. The third kappa shape index (κ3) is 4.31. The zero-order chi connectivity index (χ0) is 15.9. The van der Waals surface area contributed by atoms with Crippen molar-refractivity contribution >= 4 is 11.9 Å². The highest BCUT2D eigenvalue weighted by atomic mass is 16.5. The van der Waals surface area contributed by atoms with Crippen molar-refractivity contribution in [2.24, 2.45) is 11.7 Å². The van der Waals surface area contributed by atoms with E-state index in [4.69, 9.17) is 10.5 Å². The summed E-state index contributed by atoms with van der Waals surface area (Å²) in [6.07, 6.45) is 4.56. The highest BCUT2D eigenvalue weighted by molar-refractivity contribution is 5.85. The summed E-state index contributed by atoms with van der Waals surface area (Å²) < 4.78 is 4.80. The van der Waals surface area contributed by atoms with Crippen LogP contribution in [0.3, 0.4) is 0 Å². The fraction of sp³-hybridized carbons (Fsp3) is 0.529. The molecule has 1 amide bonds. The third-order valence-electron chi connectivity index (χ3n) is 4.29. The first-order valence-electron chi connectivity index (χ1n) is 7.79. The van der Waals surface area contributed by atoms with Crippen LogP contribution in [0, 0.1) is 5.92 Å². The van der Waals surface area contributed by atoms with Gasteiger partial charge in [0.1, 0.15) is 0 Å². The van der Waals surface area contributed by atoms with E-state index in [0.717, 1.165) is 31.2 Å². The maximum absolute atomic E-state index is 12.3. The van der Waals surface area contributed by atoms with Crippen LogP contribution >= 0.6 is 0 Å². The number of ether oxygens (including phenoxy) is 1. The van der Waals surface area contributed by atoms with Gasteiger partial charge in [-0.3, -0.25) is 4.79 Å². The number of hydrogen-bond acceptors (Lipinski definition) is 4. The number of esters is 1. The number of benzene rings is 1. The number of rotatable bonds is 5. The Balaban J connectivity index is 2.00. The van der Waals surface area contributed by atoms with Gasteiger partial charge < -0.3 is 15.8 Å². The van der Waals surface area contributed by atoms with Crippen molar-refractivity contribution < 1.29 is 14.3 Å². The summed E-state index contributed by atoms with van der Waals surface area (Å²) in [6.45, 7) is 0. The van der Waals surface area contributed by atoms with Crippen molar-refractivity contribution in [3.63, 3.8) is 0 Å². The van der Waals surface area contributed by atoms with Crippen LogP contribution < -0.4 is 11.1 Å². The molecule has 0 bridgehead atoms. The minimum absolute atomic E-state index is 0.0767. The minimum atomic E-state index is -0.765. The molecule has 0 heterocycles. The van der Waals surface area contributed by atoms with E-state index in [2.05, 4.69) is 5.32 Å². The summed E-state index contributed by atoms with van der Waals surface area (Å²) in [4.78, 5) is 24.2. The number of hydrogen-bond donors (Lipinski definition) is 2. The van der Waals surface area contributed by atoms with Crippen molar-refractivity contribution in [3.8, 4) is 0 Å². The number of nitrogens with two attached hydrogens (primary N) is 1. The van der Waals surface area contributed by atoms with Crippen molar-refractivity contribution in [1.29, 1.82) is 0 Å². The molecule has 1 unspecified atom stereocenters. The highest BCUT2D eigenvalue weighted by Gasteiger charge is 2.27. The first kappa shape index (κ1) is 16.5. The Morgan fingerprint density at radius 1 is 1.27 bits per heavy atom. The van der Waals surface area contributed by atoms with Gasteiger partial charge in [-0.2, -0.15) is 0 Å². The van der Waals surface area contributed by atoms with Crippen LogP contribution in [0.15, 0.2) is 30.3 Å². The van der Waals surface area contributed by atoms with Crippen LogP contribution in [-0.2, 0) is 14.3 Å². The Morgan fingerprint density at radius 2 is 1.95 bits per heavy atom. The van der Waals surface area contributed by atoms with Crippen molar-refractivity contribution in [2.45, 2.75) is 44.2 Å². The summed E-state index contributed by atoms with van der Waals surface area (Å²) in [5.41, 5.74) is 6.80. The first-order valence-corrected chi connectivity index (χ1v) is 7.79. The fourth-order valence-electron chi connectivity index (χ4n) is 2.99. The van der Waals surface area contributed by atoms with E-state index < -0.39 is 12.0 Å². The summed E-state index contributed by atoms with van der Waals surface area (Å²) in [6, 6.07) is 8.43. The summed E-state index contributed by atoms with van der Waals surface area (Å²) >= 11 is 0. The van der Waals surface area contributed by atoms with Crippen molar-refractivity contribution in [1.82, 2.24) is 5.32 Å². The number of nitrogens with one attached hydrogen (secondary N) is 1. The van der Waals surface area contributed by atoms with Crippen LogP contribution in [0.4, 0.5) is 0 Å². The quantitative estimate of drug-likeness (QED) is 0.814. The van der Waals surface area contributed by atoms with E-state index in [1.165, 1.54) is 7.11 Å². The van der Waals surface area contributed by atoms with Gasteiger partial charge in [-0.1, -0.05) is 43.2 Å². The smallest absolute Gasteiger partial charge is 0.333 e. The van der Waals surface area contributed by atoms with Crippen molar-refractivity contribution in [3.05, 3.63) is 35.9 Å². The van der Waals surface area contributed by atoms with E-state index in [9.17, 15) is 9.59 Å². The monoisotopic (exact) mass is 304 g/mol. The van der Waals surface area contributed by atoms with Crippen LogP contribution in [0.2, 0.25) is 0 Å². The van der Waals surface area contributed by atoms with Crippen molar-refractivity contribution in [2.75, 3.05) is 7.11 Å². The molecule has 5 heteroatoms. The molecule has 5 nitrogen and oxygen atoms in total. The lowest BCUT2D eigenvalue weighted by atomic mass is 9.83. The van der Waals surface area contributed by atoms with Gasteiger partial charge in [0, 0.05) is 12.5 Å². The third-order valence-corrected chi connectivity index (χ3v) is 4.29. The zero-order valence-corrected chi connectivity index (χ0v) is 13.0. The number of amides is 1. The highest BCUT2D eigenvalue weighted by Crippen LogP contribution is 2.26. The maximum atomic E-state index is 12.3. The molecule has 1 aromatic rings. The second-order valence-corrected chi connectivity index (χ2v) is 5.85. The molecule has 1 fully saturated rings. The van der Waals surface area contributed by atoms with E-state index in [0.29, 0.717) is 6.42 Å². The van der Waals surface area contributed by atoms with Gasteiger partial charge in [0.05, 0.1) is 7.11 Å². The number of carbonyl (C=O) groups excluding carboxylic acids is 2. The predicted molar refractivity (Wildman–Crippen MR) is 83.9 cm³/mol. The van der Waals surface area contributed by atoms with E-state index >= 15 is 0 Å².